The summed E-state index contributed by atoms with van der Waals surface area (Å²) >= 11 is 0. The second kappa shape index (κ2) is 6.06. The first kappa shape index (κ1) is 14.0. The largest absolute Gasteiger partial charge is 0.488 e. The molecule has 0 saturated carbocycles. The Labute approximate surface area is 106 Å². The molecule has 1 rings (SSSR count). The van der Waals surface area contributed by atoms with E-state index in [1.54, 1.807) is 0 Å². The van der Waals surface area contributed by atoms with E-state index in [0.717, 1.165) is 18.7 Å². The number of benzene rings is 1. The molecule has 0 aliphatic heterocycles. The number of nitrogens with zero attached hydrogens (tertiary/aromatic N) is 1. The third-order valence-corrected chi connectivity index (χ3v) is 2.42. The molecule has 0 amide bonds. The minimum absolute atomic E-state index is 0.119. The molecule has 0 aromatic heterocycles. The first-order valence-corrected chi connectivity index (χ1v) is 6.29. The quantitative estimate of drug-likeness (QED) is 0.776. The molecule has 0 unspecified atom stereocenters. The molecule has 0 atom stereocenters. The predicted molar refractivity (Wildman–Crippen MR) is 73.7 cm³/mol. The third kappa shape index (κ3) is 6.32. The van der Waals surface area contributed by atoms with Crippen molar-refractivity contribution in [3.63, 3.8) is 0 Å². The molecule has 0 heterocycles. The van der Waals surface area contributed by atoms with Crippen LogP contribution in [0.1, 0.15) is 32.8 Å². The van der Waals surface area contributed by atoms with Gasteiger partial charge in [0, 0.05) is 0 Å². The molecular formula is C15H25NO. The molecule has 17 heavy (non-hydrogen) atoms. The molecule has 2 nitrogen and oxygen atoms in total. The molecule has 1 aromatic rings. The summed E-state index contributed by atoms with van der Waals surface area (Å²) in [4.78, 5) is 2.22. The van der Waals surface area contributed by atoms with E-state index in [9.17, 15) is 0 Å². The highest BCUT2D eigenvalue weighted by Gasteiger charge is 2.11. The van der Waals surface area contributed by atoms with E-state index in [0.29, 0.717) is 0 Å². The van der Waals surface area contributed by atoms with Crippen LogP contribution in [0.5, 0.6) is 5.75 Å². The van der Waals surface area contributed by atoms with Gasteiger partial charge >= 0.3 is 0 Å². The summed E-state index contributed by atoms with van der Waals surface area (Å²) in [6, 6.07) is 8.46. The Kier molecular flexibility index (Phi) is 5.01. The molecule has 0 saturated heterocycles. The van der Waals surface area contributed by atoms with Gasteiger partial charge in [0.1, 0.15) is 11.4 Å². The van der Waals surface area contributed by atoms with Crippen LogP contribution in [0.2, 0.25) is 0 Å². The maximum atomic E-state index is 5.79. The van der Waals surface area contributed by atoms with Gasteiger partial charge in [0.25, 0.3) is 0 Å². The molecule has 0 aliphatic carbocycles. The highest BCUT2D eigenvalue weighted by molar-refractivity contribution is 5.27. The lowest BCUT2D eigenvalue weighted by atomic mass is 10.1. The summed E-state index contributed by atoms with van der Waals surface area (Å²) in [7, 11) is 4.22. The van der Waals surface area contributed by atoms with E-state index in [-0.39, 0.29) is 5.60 Å². The van der Waals surface area contributed by atoms with Crippen LogP contribution in [0.25, 0.3) is 0 Å². The molecule has 96 valence electrons. The number of rotatable bonds is 5. The Hall–Kier alpha value is -1.02. The topological polar surface area (TPSA) is 12.5 Å². The van der Waals surface area contributed by atoms with Gasteiger partial charge in [-0.25, -0.2) is 0 Å². The lowest BCUT2D eigenvalue weighted by Crippen LogP contribution is -2.22. The SMILES string of the molecule is CN(C)CCCc1ccc(OC(C)(C)C)cc1. The molecule has 1 aromatic carbocycles. The van der Waals surface area contributed by atoms with Crippen molar-refractivity contribution in [1.82, 2.24) is 4.90 Å². The Morgan fingerprint density at radius 1 is 1.06 bits per heavy atom. The molecule has 0 radical (unpaired) electrons. The van der Waals surface area contributed by atoms with E-state index in [1.807, 2.05) is 0 Å². The monoisotopic (exact) mass is 235 g/mol. The van der Waals surface area contributed by atoms with Crippen LogP contribution < -0.4 is 4.74 Å². The minimum atomic E-state index is -0.119. The Morgan fingerprint density at radius 3 is 2.12 bits per heavy atom. The van der Waals surface area contributed by atoms with Crippen molar-refractivity contribution in [3.8, 4) is 5.75 Å². The smallest absolute Gasteiger partial charge is 0.120 e. The summed E-state index contributed by atoms with van der Waals surface area (Å²) in [5.74, 6) is 0.953. The van der Waals surface area contributed by atoms with Crippen molar-refractivity contribution in [2.24, 2.45) is 0 Å². The summed E-state index contributed by atoms with van der Waals surface area (Å²) in [6.07, 6.45) is 2.33. The van der Waals surface area contributed by atoms with Crippen LogP contribution in [0, 0.1) is 0 Å². The third-order valence-electron chi connectivity index (χ3n) is 2.42. The van der Waals surface area contributed by atoms with Gasteiger partial charge in [-0.3, -0.25) is 0 Å². The molecule has 0 N–H and O–H groups in total. The molecule has 0 bridgehead atoms. The van der Waals surface area contributed by atoms with Crippen LogP contribution in [0.3, 0.4) is 0 Å². The molecule has 2 heteroatoms. The number of hydrogen-bond acceptors (Lipinski definition) is 2. The highest BCUT2D eigenvalue weighted by Crippen LogP contribution is 2.18. The minimum Gasteiger partial charge on any atom is -0.488 e. The predicted octanol–water partition coefficient (Wildman–Crippen LogP) is 3.36. The average molecular weight is 235 g/mol. The Morgan fingerprint density at radius 2 is 1.65 bits per heavy atom. The maximum Gasteiger partial charge on any atom is 0.120 e. The van der Waals surface area contributed by atoms with Crippen molar-refractivity contribution in [1.29, 1.82) is 0 Å². The van der Waals surface area contributed by atoms with Gasteiger partial charge in [0.15, 0.2) is 0 Å². The van der Waals surface area contributed by atoms with Crippen molar-refractivity contribution in [2.45, 2.75) is 39.2 Å². The van der Waals surface area contributed by atoms with Crippen LogP contribution in [0.15, 0.2) is 24.3 Å². The van der Waals surface area contributed by atoms with Gasteiger partial charge < -0.3 is 9.64 Å². The molecule has 0 fully saturated rings. The van der Waals surface area contributed by atoms with Gasteiger partial charge in [-0.15, -0.1) is 0 Å². The van der Waals surface area contributed by atoms with E-state index < -0.39 is 0 Å². The van der Waals surface area contributed by atoms with Crippen molar-refractivity contribution in [2.75, 3.05) is 20.6 Å². The first-order valence-electron chi connectivity index (χ1n) is 6.29. The fraction of sp³-hybridized carbons (Fsp3) is 0.600. The molecular weight excluding hydrogens is 210 g/mol. The van der Waals surface area contributed by atoms with E-state index in [1.165, 1.54) is 12.0 Å². The Balaban J connectivity index is 2.45. The zero-order valence-electron chi connectivity index (χ0n) is 11.8. The van der Waals surface area contributed by atoms with Crippen molar-refractivity contribution < 1.29 is 4.74 Å². The fourth-order valence-corrected chi connectivity index (χ4v) is 1.68. The van der Waals surface area contributed by atoms with Crippen LogP contribution >= 0.6 is 0 Å². The summed E-state index contributed by atoms with van der Waals surface area (Å²) < 4.78 is 5.79. The summed E-state index contributed by atoms with van der Waals surface area (Å²) in [5.41, 5.74) is 1.26. The van der Waals surface area contributed by atoms with Crippen molar-refractivity contribution in [3.05, 3.63) is 29.8 Å². The fourth-order valence-electron chi connectivity index (χ4n) is 1.68. The zero-order chi connectivity index (χ0) is 12.9. The van der Waals surface area contributed by atoms with Gasteiger partial charge in [-0.2, -0.15) is 0 Å². The molecule has 0 spiro atoms. The van der Waals surface area contributed by atoms with Crippen LogP contribution in [0.4, 0.5) is 0 Å². The first-order chi connectivity index (χ1) is 7.87. The lowest BCUT2D eigenvalue weighted by molar-refractivity contribution is 0.131. The molecule has 0 aliphatic rings. The zero-order valence-corrected chi connectivity index (χ0v) is 11.8. The van der Waals surface area contributed by atoms with Gasteiger partial charge in [0.2, 0.25) is 0 Å². The lowest BCUT2D eigenvalue weighted by Gasteiger charge is -2.21. The highest BCUT2D eigenvalue weighted by atomic mass is 16.5. The second-order valence-electron chi connectivity index (χ2n) is 5.77. The van der Waals surface area contributed by atoms with E-state index in [4.69, 9.17) is 4.74 Å². The normalized spacial score (nSPS) is 11.9. The Bertz CT molecular complexity index is 322. The van der Waals surface area contributed by atoms with Gasteiger partial charge in [-0.1, -0.05) is 12.1 Å². The van der Waals surface area contributed by atoms with Crippen LogP contribution in [-0.2, 0) is 6.42 Å². The number of hydrogen-bond donors (Lipinski definition) is 0. The van der Waals surface area contributed by atoms with Gasteiger partial charge in [0.05, 0.1) is 0 Å². The summed E-state index contributed by atoms with van der Waals surface area (Å²) in [6.45, 7) is 7.34. The number of aryl methyl sites for hydroxylation is 1. The van der Waals surface area contributed by atoms with E-state index >= 15 is 0 Å². The number of ether oxygens (including phenoxy) is 1. The average Bonchev–Trinajstić information content (AvgIpc) is 2.18. The van der Waals surface area contributed by atoms with Crippen molar-refractivity contribution >= 4 is 0 Å². The van der Waals surface area contributed by atoms with Crippen LogP contribution in [-0.4, -0.2) is 31.1 Å². The summed E-state index contributed by atoms with van der Waals surface area (Å²) in [5, 5.41) is 0. The maximum absolute atomic E-state index is 5.79. The van der Waals surface area contributed by atoms with E-state index in [2.05, 4.69) is 64.0 Å². The standard InChI is InChI=1S/C15H25NO/c1-15(2,3)17-14-10-8-13(9-11-14)7-6-12-16(4)5/h8-11H,6-7,12H2,1-5H3. The van der Waals surface area contributed by atoms with Gasteiger partial charge in [-0.05, 0) is 71.9 Å². The second-order valence-corrected chi connectivity index (χ2v) is 5.77.